The molecule has 0 unspecified atom stereocenters. The first kappa shape index (κ1) is 15.3. The molecule has 4 rings (SSSR count). The van der Waals surface area contributed by atoms with Crippen molar-refractivity contribution in [3.8, 4) is 22.4 Å². The lowest BCUT2D eigenvalue weighted by Crippen LogP contribution is -2.23. The van der Waals surface area contributed by atoms with Gasteiger partial charge in [-0.2, -0.15) is 4.73 Å². The minimum Gasteiger partial charge on any atom is -0.619 e. The van der Waals surface area contributed by atoms with Gasteiger partial charge in [0.2, 0.25) is 6.20 Å². The summed E-state index contributed by atoms with van der Waals surface area (Å²) in [4.78, 5) is 4.75. The molecule has 4 aromatic rings. The van der Waals surface area contributed by atoms with Gasteiger partial charge in [0, 0.05) is 22.6 Å². The van der Waals surface area contributed by atoms with Gasteiger partial charge in [-0.05, 0) is 17.2 Å². The first-order chi connectivity index (χ1) is 12.2. The minimum absolute atomic E-state index is 0.00710. The molecule has 0 saturated heterocycles. The van der Waals surface area contributed by atoms with Gasteiger partial charge < -0.3 is 10.3 Å². The molecule has 0 bridgehead atoms. The van der Waals surface area contributed by atoms with E-state index in [1.165, 1.54) is 12.4 Å². The molecule has 2 heterocycles. The smallest absolute Gasteiger partial charge is 0.206 e. The Morgan fingerprint density at radius 3 is 2.40 bits per heavy atom. The SMILES string of the molecule is [O-][n+]1ccc2cc(-c3ccccc3)c(-c3ccc(CO)cc3)nc2c1. The van der Waals surface area contributed by atoms with Gasteiger partial charge >= 0.3 is 0 Å². The number of pyridine rings is 2. The Labute approximate surface area is 145 Å². The number of nitrogens with zero attached hydrogens (tertiary/aromatic N) is 2. The van der Waals surface area contributed by atoms with E-state index in [-0.39, 0.29) is 6.61 Å². The third kappa shape index (κ3) is 2.95. The highest BCUT2D eigenvalue weighted by Gasteiger charge is 2.12. The maximum atomic E-state index is 11.6. The molecule has 2 aromatic carbocycles. The quantitative estimate of drug-likeness (QED) is 0.461. The van der Waals surface area contributed by atoms with Crippen molar-refractivity contribution in [1.29, 1.82) is 0 Å². The van der Waals surface area contributed by atoms with Crippen LogP contribution in [0, 0.1) is 5.21 Å². The van der Waals surface area contributed by atoms with Crippen molar-refractivity contribution in [2.75, 3.05) is 0 Å². The summed E-state index contributed by atoms with van der Waals surface area (Å²) in [5.41, 5.74) is 5.33. The highest BCUT2D eigenvalue weighted by molar-refractivity contribution is 5.90. The van der Waals surface area contributed by atoms with E-state index in [1.54, 1.807) is 6.07 Å². The maximum absolute atomic E-state index is 11.6. The Kier molecular flexibility index (Phi) is 3.88. The molecule has 4 heteroatoms. The van der Waals surface area contributed by atoms with Gasteiger partial charge in [-0.15, -0.1) is 0 Å². The van der Waals surface area contributed by atoms with Crippen molar-refractivity contribution in [2.45, 2.75) is 6.61 Å². The standard InChI is InChI=1S/C21H16N2O2/c24-14-15-6-8-17(9-7-15)21-19(16-4-2-1-3-5-16)12-18-10-11-23(25)13-20(18)22-21/h1-13,24H,14H2. The van der Waals surface area contributed by atoms with Crippen LogP contribution in [-0.4, -0.2) is 10.1 Å². The molecule has 2 aromatic heterocycles. The Morgan fingerprint density at radius 2 is 1.68 bits per heavy atom. The van der Waals surface area contributed by atoms with Crippen LogP contribution in [0.3, 0.4) is 0 Å². The predicted octanol–water partition coefficient (Wildman–Crippen LogP) is 3.69. The zero-order valence-electron chi connectivity index (χ0n) is 13.5. The van der Waals surface area contributed by atoms with E-state index in [0.29, 0.717) is 5.52 Å². The van der Waals surface area contributed by atoms with E-state index in [0.717, 1.165) is 38.1 Å². The second-order valence-corrected chi connectivity index (χ2v) is 5.88. The second-order valence-electron chi connectivity index (χ2n) is 5.88. The molecule has 4 nitrogen and oxygen atoms in total. The van der Waals surface area contributed by atoms with Gasteiger partial charge in [-0.3, -0.25) is 0 Å². The number of hydrogen-bond acceptors (Lipinski definition) is 3. The number of rotatable bonds is 3. The first-order valence-corrected chi connectivity index (χ1v) is 8.04. The van der Waals surface area contributed by atoms with Crippen molar-refractivity contribution in [2.24, 2.45) is 0 Å². The van der Waals surface area contributed by atoms with E-state index in [4.69, 9.17) is 4.98 Å². The summed E-state index contributed by atoms with van der Waals surface area (Å²) in [6.45, 7) is 0.00710. The van der Waals surface area contributed by atoms with Crippen LogP contribution in [0.2, 0.25) is 0 Å². The van der Waals surface area contributed by atoms with Crippen molar-refractivity contribution in [3.05, 3.63) is 89.9 Å². The van der Waals surface area contributed by atoms with Crippen molar-refractivity contribution >= 4 is 10.9 Å². The van der Waals surface area contributed by atoms with E-state index in [2.05, 4.69) is 6.07 Å². The highest BCUT2D eigenvalue weighted by Crippen LogP contribution is 2.33. The summed E-state index contributed by atoms with van der Waals surface area (Å²) in [6.07, 6.45) is 2.96. The highest BCUT2D eigenvalue weighted by atomic mass is 16.5. The summed E-state index contributed by atoms with van der Waals surface area (Å²) in [7, 11) is 0. The topological polar surface area (TPSA) is 60.1 Å². The summed E-state index contributed by atoms with van der Waals surface area (Å²) in [5, 5.41) is 21.8. The largest absolute Gasteiger partial charge is 0.619 e. The number of benzene rings is 2. The number of aliphatic hydroxyl groups excluding tert-OH is 1. The van der Waals surface area contributed by atoms with Crippen LogP contribution in [0.25, 0.3) is 33.3 Å². The van der Waals surface area contributed by atoms with E-state index < -0.39 is 0 Å². The lowest BCUT2D eigenvalue weighted by atomic mass is 9.97. The summed E-state index contributed by atoms with van der Waals surface area (Å²) in [6, 6.07) is 21.6. The van der Waals surface area contributed by atoms with Crippen molar-refractivity contribution < 1.29 is 9.84 Å². The van der Waals surface area contributed by atoms with E-state index in [9.17, 15) is 10.3 Å². The van der Waals surface area contributed by atoms with Crippen LogP contribution in [0.4, 0.5) is 0 Å². The van der Waals surface area contributed by atoms with Gasteiger partial charge in [-0.1, -0.05) is 54.6 Å². The predicted molar refractivity (Wildman–Crippen MR) is 97.5 cm³/mol. The molecule has 0 fully saturated rings. The fourth-order valence-corrected chi connectivity index (χ4v) is 2.92. The number of fused-ring (bicyclic) bond motifs is 1. The van der Waals surface area contributed by atoms with Gasteiger partial charge in [-0.25, -0.2) is 4.98 Å². The van der Waals surface area contributed by atoms with E-state index >= 15 is 0 Å². The first-order valence-electron chi connectivity index (χ1n) is 8.04. The molecule has 0 aliphatic rings. The average Bonchev–Trinajstić information content (AvgIpc) is 2.67. The number of aliphatic hydroxyl groups is 1. The monoisotopic (exact) mass is 328 g/mol. The molecule has 122 valence electrons. The number of aromatic nitrogens is 2. The van der Waals surface area contributed by atoms with Crippen LogP contribution >= 0.6 is 0 Å². The molecule has 0 spiro atoms. The van der Waals surface area contributed by atoms with Gasteiger partial charge in [0.05, 0.1) is 12.3 Å². The van der Waals surface area contributed by atoms with Crippen LogP contribution in [0.15, 0.2) is 79.1 Å². The van der Waals surface area contributed by atoms with Crippen LogP contribution in [0.1, 0.15) is 5.56 Å². The molecule has 0 radical (unpaired) electrons. The summed E-state index contributed by atoms with van der Waals surface area (Å²) in [5.74, 6) is 0. The summed E-state index contributed by atoms with van der Waals surface area (Å²) >= 11 is 0. The van der Waals surface area contributed by atoms with E-state index in [1.807, 2.05) is 54.6 Å². The normalized spacial score (nSPS) is 10.9. The molecule has 0 amide bonds. The minimum atomic E-state index is 0.00710. The van der Waals surface area contributed by atoms with Gasteiger partial charge in [0.1, 0.15) is 5.52 Å². The molecule has 0 atom stereocenters. The maximum Gasteiger partial charge on any atom is 0.206 e. The zero-order chi connectivity index (χ0) is 17.2. The molecule has 1 N–H and O–H groups in total. The lowest BCUT2D eigenvalue weighted by molar-refractivity contribution is -0.604. The summed E-state index contributed by atoms with van der Waals surface area (Å²) < 4.78 is 0.760. The molecule has 0 saturated carbocycles. The zero-order valence-corrected chi connectivity index (χ0v) is 13.5. The van der Waals surface area contributed by atoms with Crippen LogP contribution in [0.5, 0.6) is 0 Å². The Morgan fingerprint density at radius 1 is 0.920 bits per heavy atom. The van der Waals surface area contributed by atoms with Gasteiger partial charge in [0.15, 0.2) is 6.20 Å². The molecular weight excluding hydrogens is 312 g/mol. The Balaban J connectivity index is 1.98. The third-order valence-corrected chi connectivity index (χ3v) is 4.23. The molecule has 25 heavy (non-hydrogen) atoms. The number of hydrogen-bond donors (Lipinski definition) is 1. The van der Waals surface area contributed by atoms with Crippen molar-refractivity contribution in [1.82, 2.24) is 4.98 Å². The van der Waals surface area contributed by atoms with Crippen molar-refractivity contribution in [3.63, 3.8) is 0 Å². The van der Waals surface area contributed by atoms with Gasteiger partial charge in [0.25, 0.3) is 0 Å². The third-order valence-electron chi connectivity index (χ3n) is 4.23. The fraction of sp³-hybridized carbons (Fsp3) is 0.0476. The lowest BCUT2D eigenvalue weighted by Gasteiger charge is -2.11. The Bertz CT molecular complexity index is 1030. The fourth-order valence-electron chi connectivity index (χ4n) is 2.92. The average molecular weight is 328 g/mol. The second kappa shape index (κ2) is 6.34. The van der Waals surface area contributed by atoms with Crippen LogP contribution in [-0.2, 0) is 6.61 Å². The Hall–Kier alpha value is -3.24. The van der Waals surface area contributed by atoms with Crippen LogP contribution < -0.4 is 4.73 Å². The molecule has 0 aliphatic carbocycles. The molecule has 0 aliphatic heterocycles. The molecular formula is C21H16N2O2.